The molecule has 0 spiro atoms. The van der Waals surface area contributed by atoms with Crippen LogP contribution in [0.5, 0.6) is 0 Å². The van der Waals surface area contributed by atoms with E-state index in [9.17, 15) is 18.0 Å². The summed E-state index contributed by atoms with van der Waals surface area (Å²) in [6.07, 6.45) is -3.14. The predicted octanol–water partition coefficient (Wildman–Crippen LogP) is 2.73. The highest BCUT2D eigenvalue weighted by molar-refractivity contribution is 5.81. The minimum Gasteiger partial charge on any atom is -0.305 e. The fraction of sp³-hybridized carbons (Fsp3) is 0.0769. The molecule has 2 aromatic heterocycles. The number of imidazole rings is 1. The number of aromatic amines is 1. The summed E-state index contributed by atoms with van der Waals surface area (Å²) in [5.41, 5.74) is -1.63. The van der Waals surface area contributed by atoms with Crippen molar-refractivity contribution >= 4 is 11.0 Å². The van der Waals surface area contributed by atoms with E-state index < -0.39 is 17.4 Å². The van der Waals surface area contributed by atoms with Gasteiger partial charge in [-0.2, -0.15) is 13.2 Å². The van der Waals surface area contributed by atoms with Gasteiger partial charge in [0.2, 0.25) is 0 Å². The number of fused-ring (bicyclic) bond motifs is 1. The number of hydrogen-bond donors (Lipinski definition) is 1. The number of hydrogen-bond acceptors (Lipinski definition) is 2. The zero-order valence-corrected chi connectivity index (χ0v) is 9.98. The summed E-state index contributed by atoms with van der Waals surface area (Å²) in [5, 5.41) is 0. The van der Waals surface area contributed by atoms with Crippen molar-refractivity contribution in [1.82, 2.24) is 14.5 Å². The fourth-order valence-electron chi connectivity index (χ4n) is 2.09. The molecule has 0 fully saturated rings. The van der Waals surface area contributed by atoms with Crippen molar-refractivity contribution in [2.24, 2.45) is 0 Å². The van der Waals surface area contributed by atoms with Gasteiger partial charge in [-0.05, 0) is 24.3 Å². The average Bonchev–Trinajstić information content (AvgIpc) is 2.74. The zero-order chi connectivity index (χ0) is 14.3. The van der Waals surface area contributed by atoms with Gasteiger partial charge in [0.15, 0.2) is 0 Å². The maximum atomic E-state index is 13.1. The lowest BCUT2D eigenvalue weighted by Crippen LogP contribution is -2.17. The number of nitrogens with one attached hydrogen (secondary N) is 1. The molecular weight excluding hydrogens is 271 g/mol. The molecule has 102 valence electrons. The summed E-state index contributed by atoms with van der Waals surface area (Å²) in [6, 6.07) is 8.31. The molecule has 0 unspecified atom stereocenters. The number of benzene rings is 1. The molecule has 1 N–H and O–H groups in total. The summed E-state index contributed by atoms with van der Waals surface area (Å²) in [5.74, 6) is 0.139. The molecule has 0 aliphatic heterocycles. The van der Waals surface area contributed by atoms with Gasteiger partial charge in [-0.15, -0.1) is 0 Å². The lowest BCUT2D eigenvalue weighted by atomic mass is 10.1. The van der Waals surface area contributed by atoms with E-state index in [1.165, 1.54) is 24.4 Å². The first-order chi connectivity index (χ1) is 9.48. The Morgan fingerprint density at radius 2 is 1.90 bits per heavy atom. The normalized spacial score (nSPS) is 11.9. The minimum absolute atomic E-state index is 0.121. The van der Waals surface area contributed by atoms with Crippen LogP contribution in [0.3, 0.4) is 0 Å². The number of pyridine rings is 1. The SMILES string of the molecule is O=c1[nH]c2cccc(C(F)(F)F)c2n1-c1ccccn1. The van der Waals surface area contributed by atoms with Crippen LogP contribution >= 0.6 is 0 Å². The van der Waals surface area contributed by atoms with Gasteiger partial charge < -0.3 is 4.98 Å². The highest BCUT2D eigenvalue weighted by Crippen LogP contribution is 2.34. The third-order valence-electron chi connectivity index (χ3n) is 2.89. The molecule has 0 radical (unpaired) electrons. The van der Waals surface area contributed by atoms with Crippen LogP contribution in [-0.4, -0.2) is 14.5 Å². The Labute approximate surface area is 110 Å². The number of aromatic nitrogens is 3. The van der Waals surface area contributed by atoms with Gasteiger partial charge in [-0.25, -0.2) is 14.3 Å². The maximum absolute atomic E-state index is 13.1. The number of halogens is 3. The smallest absolute Gasteiger partial charge is 0.305 e. The van der Waals surface area contributed by atoms with Crippen LogP contribution in [0.2, 0.25) is 0 Å². The van der Waals surface area contributed by atoms with E-state index in [2.05, 4.69) is 9.97 Å². The zero-order valence-electron chi connectivity index (χ0n) is 9.98. The standard InChI is InChI=1S/C13H8F3N3O/c14-13(15,16)8-4-3-5-9-11(8)19(12(20)18-9)10-6-1-2-7-17-10/h1-7H,(H,18,20). The van der Waals surface area contributed by atoms with E-state index in [1.807, 2.05) is 0 Å². The summed E-state index contributed by atoms with van der Waals surface area (Å²) in [4.78, 5) is 18.3. The topological polar surface area (TPSA) is 50.7 Å². The first-order valence-corrected chi connectivity index (χ1v) is 5.71. The van der Waals surface area contributed by atoms with E-state index in [1.54, 1.807) is 12.1 Å². The van der Waals surface area contributed by atoms with Crippen molar-refractivity contribution < 1.29 is 13.2 Å². The molecule has 0 atom stereocenters. The molecule has 2 heterocycles. The third-order valence-corrected chi connectivity index (χ3v) is 2.89. The number of rotatable bonds is 1. The van der Waals surface area contributed by atoms with Crippen molar-refractivity contribution in [3.63, 3.8) is 0 Å². The van der Waals surface area contributed by atoms with Crippen LogP contribution in [0.1, 0.15) is 5.56 Å². The molecule has 0 bridgehead atoms. The molecule has 0 amide bonds. The van der Waals surface area contributed by atoms with Crippen molar-refractivity contribution in [3.05, 3.63) is 58.6 Å². The van der Waals surface area contributed by atoms with E-state index in [0.717, 1.165) is 10.6 Å². The first-order valence-electron chi connectivity index (χ1n) is 5.71. The highest BCUT2D eigenvalue weighted by atomic mass is 19.4. The molecule has 0 saturated carbocycles. The Morgan fingerprint density at radius 3 is 2.55 bits per heavy atom. The van der Waals surface area contributed by atoms with Crippen LogP contribution in [-0.2, 0) is 6.18 Å². The monoisotopic (exact) mass is 279 g/mol. The summed E-state index contributed by atoms with van der Waals surface area (Å²) >= 11 is 0. The van der Waals surface area contributed by atoms with E-state index in [-0.39, 0.29) is 16.9 Å². The van der Waals surface area contributed by atoms with E-state index >= 15 is 0 Å². The lowest BCUT2D eigenvalue weighted by Gasteiger charge is -2.10. The first kappa shape index (κ1) is 12.5. The van der Waals surface area contributed by atoms with Crippen LogP contribution in [0, 0.1) is 0 Å². The Hall–Kier alpha value is -2.57. The molecule has 3 rings (SSSR count). The minimum atomic E-state index is -4.55. The number of alkyl halides is 3. The molecule has 0 aliphatic carbocycles. The van der Waals surface area contributed by atoms with Crippen molar-refractivity contribution in [1.29, 1.82) is 0 Å². The van der Waals surface area contributed by atoms with E-state index in [0.29, 0.717) is 0 Å². The quantitative estimate of drug-likeness (QED) is 0.744. The maximum Gasteiger partial charge on any atom is 0.418 e. The second-order valence-electron chi connectivity index (χ2n) is 4.15. The second-order valence-corrected chi connectivity index (χ2v) is 4.15. The van der Waals surface area contributed by atoms with Gasteiger partial charge in [0.05, 0.1) is 16.6 Å². The van der Waals surface area contributed by atoms with Gasteiger partial charge >= 0.3 is 11.9 Å². The fourth-order valence-corrected chi connectivity index (χ4v) is 2.09. The molecule has 1 aromatic carbocycles. The molecular formula is C13H8F3N3O. The summed E-state index contributed by atoms with van der Waals surface area (Å²) in [7, 11) is 0. The number of para-hydroxylation sites is 1. The van der Waals surface area contributed by atoms with E-state index in [4.69, 9.17) is 0 Å². The third kappa shape index (κ3) is 1.87. The van der Waals surface area contributed by atoms with Gasteiger partial charge in [-0.1, -0.05) is 12.1 Å². The van der Waals surface area contributed by atoms with Crippen LogP contribution in [0.25, 0.3) is 16.9 Å². The Kier molecular flexibility index (Phi) is 2.63. The Bertz CT molecular complexity index is 818. The summed E-state index contributed by atoms with van der Waals surface area (Å²) in [6.45, 7) is 0. The van der Waals surface area contributed by atoms with Gasteiger partial charge in [0, 0.05) is 6.20 Å². The Balaban J connectivity index is 2.44. The lowest BCUT2D eigenvalue weighted by molar-refractivity contribution is -0.136. The molecule has 3 aromatic rings. The van der Waals surface area contributed by atoms with Gasteiger partial charge in [0.1, 0.15) is 5.82 Å². The highest BCUT2D eigenvalue weighted by Gasteiger charge is 2.34. The predicted molar refractivity (Wildman–Crippen MR) is 66.7 cm³/mol. The molecule has 4 nitrogen and oxygen atoms in total. The second kappa shape index (κ2) is 4.22. The average molecular weight is 279 g/mol. The van der Waals surface area contributed by atoms with Gasteiger partial charge in [0.25, 0.3) is 0 Å². The molecule has 0 aliphatic rings. The van der Waals surface area contributed by atoms with Crippen molar-refractivity contribution in [2.45, 2.75) is 6.18 Å². The molecule has 0 saturated heterocycles. The Morgan fingerprint density at radius 1 is 1.10 bits per heavy atom. The van der Waals surface area contributed by atoms with Crippen LogP contribution < -0.4 is 5.69 Å². The largest absolute Gasteiger partial charge is 0.418 e. The number of nitrogens with zero attached hydrogens (tertiary/aromatic N) is 2. The van der Waals surface area contributed by atoms with Crippen LogP contribution in [0.4, 0.5) is 13.2 Å². The number of H-pyrrole nitrogens is 1. The summed E-state index contributed by atoms with van der Waals surface area (Å²) < 4.78 is 40.1. The van der Waals surface area contributed by atoms with Crippen molar-refractivity contribution in [3.8, 4) is 5.82 Å². The molecule has 7 heteroatoms. The molecule has 20 heavy (non-hydrogen) atoms. The van der Waals surface area contributed by atoms with Gasteiger partial charge in [-0.3, -0.25) is 0 Å². The van der Waals surface area contributed by atoms with Crippen molar-refractivity contribution in [2.75, 3.05) is 0 Å². The van der Waals surface area contributed by atoms with Crippen LogP contribution in [0.15, 0.2) is 47.4 Å².